The largest absolute Gasteiger partial charge is 0.334 e. The second-order valence-corrected chi connectivity index (χ2v) is 6.24. The lowest BCUT2D eigenvalue weighted by Gasteiger charge is -2.17. The molecular weight excluding hydrogens is 351 g/mol. The average Bonchev–Trinajstić information content (AvgIpc) is 2.55. The fourth-order valence-electron chi connectivity index (χ4n) is 2.45. The van der Waals surface area contributed by atoms with Crippen LogP contribution in [-0.2, 0) is 0 Å². The second-order valence-electron chi connectivity index (χ2n) is 5.47. The van der Waals surface area contributed by atoms with Crippen LogP contribution in [0.25, 0.3) is 16.7 Å². The molecule has 1 N–H and O–H groups in total. The summed E-state index contributed by atoms with van der Waals surface area (Å²) >= 11 is 11.9. The fourth-order valence-corrected chi connectivity index (χ4v) is 2.73. The van der Waals surface area contributed by atoms with Crippen molar-refractivity contribution in [3.63, 3.8) is 0 Å². The molecule has 3 aromatic rings. The molecule has 24 heavy (non-hydrogen) atoms. The van der Waals surface area contributed by atoms with Crippen molar-refractivity contribution in [3.8, 4) is 5.69 Å². The molecule has 0 unspecified atom stereocenters. The Balaban J connectivity index is 2.60. The van der Waals surface area contributed by atoms with Crippen LogP contribution < -0.4 is 11.2 Å². The molecule has 0 atom stereocenters. The van der Waals surface area contributed by atoms with Crippen LogP contribution in [-0.4, -0.2) is 19.5 Å². The lowest BCUT2D eigenvalue weighted by atomic mass is 10.0. The molecule has 3 heterocycles. The predicted molar refractivity (Wildman–Crippen MR) is 94.6 cm³/mol. The van der Waals surface area contributed by atoms with E-state index >= 15 is 0 Å². The predicted octanol–water partition coefficient (Wildman–Crippen LogP) is 3.21. The summed E-state index contributed by atoms with van der Waals surface area (Å²) in [6, 6.07) is 2.59. The van der Waals surface area contributed by atoms with Crippen LogP contribution in [0.2, 0.25) is 10.2 Å². The molecule has 0 spiro atoms. The Hall–Kier alpha value is -2.18. The molecule has 3 rings (SSSR count). The minimum absolute atomic E-state index is 0.000879. The van der Waals surface area contributed by atoms with Crippen LogP contribution in [0.4, 0.5) is 0 Å². The monoisotopic (exact) mass is 367 g/mol. The van der Waals surface area contributed by atoms with Gasteiger partial charge in [0.2, 0.25) is 0 Å². The first-order chi connectivity index (χ1) is 12.5. The first kappa shape index (κ1) is 13.1. The van der Waals surface area contributed by atoms with Crippen LogP contribution in [0.5, 0.6) is 0 Å². The Morgan fingerprint density at radius 1 is 1.33 bits per heavy atom. The normalized spacial score (nSPS) is 13.8. The summed E-state index contributed by atoms with van der Waals surface area (Å²) in [5, 5.41) is -0.0847. The van der Waals surface area contributed by atoms with Crippen molar-refractivity contribution in [2.45, 2.75) is 26.6 Å². The molecular formula is C16H14Cl2N4O2. The summed E-state index contributed by atoms with van der Waals surface area (Å²) < 4.78 is 24.6. The molecule has 6 nitrogen and oxygen atoms in total. The van der Waals surface area contributed by atoms with E-state index in [0.717, 1.165) is 4.57 Å². The van der Waals surface area contributed by atoms with Crippen molar-refractivity contribution in [1.29, 1.82) is 0 Å². The fraction of sp³-hybridized carbons (Fsp3) is 0.250. The maximum absolute atomic E-state index is 12.7. The molecule has 0 radical (unpaired) electrons. The third-order valence-electron chi connectivity index (χ3n) is 3.52. The van der Waals surface area contributed by atoms with Gasteiger partial charge in [0, 0.05) is 10.3 Å². The van der Waals surface area contributed by atoms with E-state index in [9.17, 15) is 9.59 Å². The maximum atomic E-state index is 12.7. The van der Waals surface area contributed by atoms with E-state index in [4.69, 9.17) is 27.3 Å². The summed E-state index contributed by atoms with van der Waals surface area (Å²) in [5.41, 5.74) is -1.33. The van der Waals surface area contributed by atoms with Crippen molar-refractivity contribution in [2.75, 3.05) is 0 Å². The van der Waals surface area contributed by atoms with Gasteiger partial charge >= 0.3 is 5.69 Å². The highest BCUT2D eigenvalue weighted by atomic mass is 35.5. The molecule has 3 aromatic heterocycles. The number of rotatable bonds is 2. The molecule has 0 bridgehead atoms. The Morgan fingerprint density at radius 2 is 2.08 bits per heavy atom. The third kappa shape index (κ3) is 2.61. The van der Waals surface area contributed by atoms with E-state index in [0.29, 0.717) is 5.69 Å². The highest BCUT2D eigenvalue weighted by Crippen LogP contribution is 2.27. The molecule has 0 saturated heterocycles. The van der Waals surface area contributed by atoms with Gasteiger partial charge in [-0.25, -0.2) is 14.3 Å². The van der Waals surface area contributed by atoms with Crippen molar-refractivity contribution < 1.29 is 4.11 Å². The van der Waals surface area contributed by atoms with E-state index in [-0.39, 0.29) is 38.4 Å². The molecule has 0 aromatic carbocycles. The summed E-state index contributed by atoms with van der Waals surface area (Å²) in [7, 11) is 0. The zero-order valence-corrected chi connectivity index (χ0v) is 14.2. The number of nitrogens with one attached hydrogen (secondary N) is 1. The van der Waals surface area contributed by atoms with E-state index in [1.807, 2.05) is 13.8 Å². The van der Waals surface area contributed by atoms with E-state index in [2.05, 4.69) is 15.0 Å². The first-order valence-electron chi connectivity index (χ1n) is 8.53. The molecule has 0 fully saturated rings. The zero-order valence-electron chi connectivity index (χ0n) is 15.7. The molecule has 0 aliphatic rings. The van der Waals surface area contributed by atoms with Gasteiger partial charge in [0.15, 0.2) is 5.65 Å². The molecule has 0 aliphatic carbocycles. The van der Waals surface area contributed by atoms with Gasteiger partial charge in [0.05, 0.1) is 21.8 Å². The number of aryl methyl sites for hydroxylation is 1. The Labute approximate surface area is 151 Å². The lowest BCUT2D eigenvalue weighted by Crippen LogP contribution is -2.31. The minimum Gasteiger partial charge on any atom is -0.273 e. The number of nitrogens with zero attached hydrogens (tertiary/aromatic N) is 3. The van der Waals surface area contributed by atoms with E-state index < -0.39 is 18.1 Å². The van der Waals surface area contributed by atoms with Crippen LogP contribution in [0.3, 0.4) is 0 Å². The van der Waals surface area contributed by atoms with Crippen molar-refractivity contribution >= 4 is 34.2 Å². The molecule has 0 saturated carbocycles. The third-order valence-corrected chi connectivity index (χ3v) is 4.19. The van der Waals surface area contributed by atoms with Gasteiger partial charge in [0.1, 0.15) is 5.15 Å². The van der Waals surface area contributed by atoms with Gasteiger partial charge in [-0.3, -0.25) is 14.8 Å². The van der Waals surface area contributed by atoms with Crippen molar-refractivity contribution in [2.24, 2.45) is 0 Å². The highest BCUT2D eigenvalue weighted by Gasteiger charge is 2.19. The molecule has 0 aliphatic heterocycles. The Bertz CT molecular complexity index is 1170. The first-order valence-corrected chi connectivity index (χ1v) is 7.78. The number of hydrogen-bond acceptors (Lipinski definition) is 4. The molecule has 8 heteroatoms. The average molecular weight is 368 g/mol. The SMILES string of the molecule is [2H]C([2H])([2H])c1ccnc(C(C)C)c1-n1c(=O)[nH]c(=O)c2cc(Cl)c(Cl)nc21. The number of H-pyrrole nitrogens is 1. The standard InChI is InChI=1S/C16H14Cl2N4O2/c1-7(2)11-12(8(3)4-5-19-11)22-14-9(15(23)21-16(22)24)6-10(17)13(18)20-14/h4-7H,1-3H3,(H,21,23,24)/i3D3. The topological polar surface area (TPSA) is 80.6 Å². The highest BCUT2D eigenvalue weighted by molar-refractivity contribution is 6.41. The molecule has 124 valence electrons. The van der Waals surface area contributed by atoms with Gasteiger partial charge in [-0.05, 0) is 30.5 Å². The quantitative estimate of drug-likeness (QED) is 0.705. The number of aromatic amines is 1. The van der Waals surface area contributed by atoms with Gasteiger partial charge < -0.3 is 0 Å². The van der Waals surface area contributed by atoms with Gasteiger partial charge in [-0.15, -0.1) is 0 Å². The number of halogens is 2. The zero-order chi connectivity index (χ0) is 20.1. The van der Waals surface area contributed by atoms with Gasteiger partial charge in [-0.1, -0.05) is 37.0 Å². The van der Waals surface area contributed by atoms with Crippen LogP contribution in [0.15, 0.2) is 27.9 Å². The van der Waals surface area contributed by atoms with Gasteiger partial charge in [-0.2, -0.15) is 0 Å². The second kappa shape index (κ2) is 6.03. The Kier molecular flexibility index (Phi) is 3.31. The Morgan fingerprint density at radius 3 is 2.75 bits per heavy atom. The van der Waals surface area contributed by atoms with E-state index in [1.165, 1.54) is 18.3 Å². The van der Waals surface area contributed by atoms with Crippen LogP contribution in [0.1, 0.15) is 35.1 Å². The summed E-state index contributed by atoms with van der Waals surface area (Å²) in [4.78, 5) is 35.4. The van der Waals surface area contributed by atoms with E-state index in [1.54, 1.807) is 0 Å². The lowest BCUT2D eigenvalue weighted by molar-refractivity contribution is 0.789. The number of hydrogen-bond donors (Lipinski definition) is 1. The smallest absolute Gasteiger partial charge is 0.273 e. The van der Waals surface area contributed by atoms with Crippen LogP contribution >= 0.6 is 23.2 Å². The summed E-state index contributed by atoms with van der Waals surface area (Å²) in [5.74, 6) is -0.209. The number of aromatic nitrogens is 4. The van der Waals surface area contributed by atoms with Crippen molar-refractivity contribution in [3.05, 3.63) is 60.6 Å². The van der Waals surface area contributed by atoms with Crippen molar-refractivity contribution in [1.82, 2.24) is 19.5 Å². The number of fused-ring (bicyclic) bond motifs is 1. The van der Waals surface area contributed by atoms with Crippen LogP contribution in [0, 0.1) is 6.85 Å². The maximum Gasteiger partial charge on any atom is 0.334 e. The number of pyridine rings is 2. The summed E-state index contributed by atoms with van der Waals surface area (Å²) in [6.07, 6.45) is 1.37. The van der Waals surface area contributed by atoms with Gasteiger partial charge in [0.25, 0.3) is 5.56 Å². The molecule has 0 amide bonds. The minimum atomic E-state index is -2.53. The summed E-state index contributed by atoms with van der Waals surface area (Å²) in [6.45, 7) is 1.09.